The highest BCUT2D eigenvalue weighted by Crippen LogP contribution is 2.32. The molecule has 1 fully saturated rings. The monoisotopic (exact) mass is 185 g/mol. The number of amidine groups is 1. The fourth-order valence-electron chi connectivity index (χ4n) is 1.48. The molecule has 1 aliphatic rings. The number of oxime groups is 1. The van der Waals surface area contributed by atoms with Crippen LogP contribution in [0.25, 0.3) is 0 Å². The Bertz CT molecular complexity index is 193. The summed E-state index contributed by atoms with van der Waals surface area (Å²) in [5.74, 6) is 1.27. The van der Waals surface area contributed by atoms with Crippen LogP contribution >= 0.6 is 0 Å². The highest BCUT2D eigenvalue weighted by Gasteiger charge is 2.34. The van der Waals surface area contributed by atoms with Crippen LogP contribution in [0.15, 0.2) is 5.16 Å². The van der Waals surface area contributed by atoms with Gasteiger partial charge in [0.2, 0.25) is 0 Å². The summed E-state index contributed by atoms with van der Waals surface area (Å²) < 4.78 is 0. The van der Waals surface area contributed by atoms with Gasteiger partial charge in [0, 0.05) is 18.5 Å². The van der Waals surface area contributed by atoms with Gasteiger partial charge in [0.05, 0.1) is 0 Å². The molecule has 4 N–H and O–H groups in total. The molecular weight excluding hydrogens is 166 g/mol. The van der Waals surface area contributed by atoms with E-state index in [1.807, 2.05) is 6.92 Å². The van der Waals surface area contributed by atoms with Crippen molar-refractivity contribution in [3.8, 4) is 0 Å². The van der Waals surface area contributed by atoms with E-state index in [0.717, 1.165) is 12.5 Å². The van der Waals surface area contributed by atoms with Crippen molar-refractivity contribution in [3.63, 3.8) is 0 Å². The van der Waals surface area contributed by atoms with Crippen molar-refractivity contribution in [2.75, 3.05) is 6.54 Å². The fraction of sp³-hybridized carbons (Fsp3) is 0.889. The molecule has 1 saturated carbocycles. The highest BCUT2D eigenvalue weighted by atomic mass is 16.4. The van der Waals surface area contributed by atoms with Gasteiger partial charge >= 0.3 is 0 Å². The molecule has 4 nitrogen and oxygen atoms in total. The van der Waals surface area contributed by atoms with Crippen molar-refractivity contribution >= 4 is 5.84 Å². The molecule has 0 aliphatic heterocycles. The number of hydrogen-bond donors (Lipinski definition) is 3. The van der Waals surface area contributed by atoms with Crippen molar-refractivity contribution in [2.45, 2.75) is 32.7 Å². The van der Waals surface area contributed by atoms with Crippen LogP contribution < -0.4 is 11.1 Å². The number of rotatable bonds is 5. The van der Waals surface area contributed by atoms with Crippen molar-refractivity contribution in [2.24, 2.45) is 22.7 Å². The smallest absolute Gasteiger partial charge is 0.143 e. The summed E-state index contributed by atoms with van der Waals surface area (Å²) in [6.07, 6.45) is 2.52. The predicted molar refractivity (Wildman–Crippen MR) is 52.8 cm³/mol. The van der Waals surface area contributed by atoms with Gasteiger partial charge in [0.25, 0.3) is 0 Å². The van der Waals surface area contributed by atoms with E-state index in [2.05, 4.69) is 17.4 Å². The lowest BCUT2D eigenvalue weighted by Gasteiger charge is -2.10. The third kappa shape index (κ3) is 2.88. The van der Waals surface area contributed by atoms with Gasteiger partial charge in [0.1, 0.15) is 5.84 Å². The van der Waals surface area contributed by atoms with Gasteiger partial charge in [-0.3, -0.25) is 0 Å². The lowest BCUT2D eigenvalue weighted by Crippen LogP contribution is -2.32. The van der Waals surface area contributed by atoms with Crippen LogP contribution in [0.1, 0.15) is 26.7 Å². The second kappa shape index (κ2) is 4.46. The molecule has 0 aromatic heterocycles. The Kier molecular flexibility index (Phi) is 3.54. The summed E-state index contributed by atoms with van der Waals surface area (Å²) in [6.45, 7) is 4.96. The van der Waals surface area contributed by atoms with E-state index in [9.17, 15) is 0 Å². The molecule has 0 amide bonds. The zero-order valence-electron chi connectivity index (χ0n) is 8.33. The summed E-state index contributed by atoms with van der Waals surface area (Å²) in [7, 11) is 0. The lowest BCUT2D eigenvalue weighted by molar-refractivity contribution is 0.314. The summed E-state index contributed by atoms with van der Waals surface area (Å²) in [5, 5.41) is 14.8. The first-order chi connectivity index (χ1) is 6.19. The van der Waals surface area contributed by atoms with E-state index >= 15 is 0 Å². The van der Waals surface area contributed by atoms with Crippen molar-refractivity contribution in [3.05, 3.63) is 0 Å². The van der Waals surface area contributed by atoms with Crippen LogP contribution in [0.2, 0.25) is 0 Å². The third-order valence-electron chi connectivity index (χ3n) is 2.75. The van der Waals surface area contributed by atoms with E-state index in [-0.39, 0.29) is 5.92 Å². The molecule has 13 heavy (non-hydrogen) atoms. The van der Waals surface area contributed by atoms with Crippen LogP contribution in [0.4, 0.5) is 0 Å². The van der Waals surface area contributed by atoms with Crippen LogP contribution in [0, 0.1) is 11.8 Å². The molecule has 1 rings (SSSR count). The maximum absolute atomic E-state index is 8.42. The van der Waals surface area contributed by atoms with E-state index in [4.69, 9.17) is 10.9 Å². The quantitative estimate of drug-likeness (QED) is 0.256. The van der Waals surface area contributed by atoms with Gasteiger partial charge in [-0.2, -0.15) is 0 Å². The maximum Gasteiger partial charge on any atom is 0.143 e. The Balaban J connectivity index is 2.13. The zero-order chi connectivity index (χ0) is 9.84. The van der Waals surface area contributed by atoms with Crippen LogP contribution in [0.5, 0.6) is 0 Å². The van der Waals surface area contributed by atoms with Gasteiger partial charge in [-0.25, -0.2) is 0 Å². The number of nitrogens with one attached hydrogen (secondary N) is 1. The average Bonchev–Trinajstić information content (AvgIpc) is 2.91. The molecule has 1 aliphatic carbocycles. The lowest BCUT2D eigenvalue weighted by atomic mass is 10.1. The Morgan fingerprint density at radius 2 is 2.46 bits per heavy atom. The number of hydrogen-bond acceptors (Lipinski definition) is 3. The molecular formula is C9H19N3O. The van der Waals surface area contributed by atoms with E-state index in [1.165, 1.54) is 12.8 Å². The molecule has 0 radical (unpaired) electrons. The summed E-state index contributed by atoms with van der Waals surface area (Å²) in [6, 6.07) is 0.666. The predicted octanol–water partition coefficient (Wildman–Crippen LogP) is 0.757. The first-order valence-electron chi connectivity index (χ1n) is 4.89. The van der Waals surface area contributed by atoms with Crippen molar-refractivity contribution in [1.82, 2.24) is 5.32 Å². The Labute approximate surface area is 79.2 Å². The molecule has 3 unspecified atom stereocenters. The van der Waals surface area contributed by atoms with Crippen LogP contribution in [0.3, 0.4) is 0 Å². The number of nitrogens with two attached hydrogens (primary N) is 1. The molecule has 0 spiro atoms. The Hall–Kier alpha value is -0.770. The number of nitrogens with zero attached hydrogens (tertiary/aromatic N) is 1. The van der Waals surface area contributed by atoms with Crippen LogP contribution in [-0.2, 0) is 0 Å². The van der Waals surface area contributed by atoms with Gasteiger partial charge < -0.3 is 16.3 Å². The molecule has 76 valence electrons. The van der Waals surface area contributed by atoms with E-state index in [1.54, 1.807) is 0 Å². The van der Waals surface area contributed by atoms with Crippen molar-refractivity contribution < 1.29 is 5.21 Å². The molecule has 3 atom stereocenters. The minimum atomic E-state index is 0.114. The third-order valence-corrected chi connectivity index (χ3v) is 2.75. The largest absolute Gasteiger partial charge is 0.409 e. The Morgan fingerprint density at radius 1 is 1.77 bits per heavy atom. The van der Waals surface area contributed by atoms with Crippen LogP contribution in [-0.4, -0.2) is 23.6 Å². The normalized spacial score (nSPS) is 30.2. The second-order valence-corrected chi connectivity index (χ2v) is 3.84. The van der Waals surface area contributed by atoms with E-state index < -0.39 is 0 Å². The molecule has 0 bridgehead atoms. The zero-order valence-corrected chi connectivity index (χ0v) is 8.33. The first-order valence-corrected chi connectivity index (χ1v) is 4.89. The first kappa shape index (κ1) is 10.3. The summed E-state index contributed by atoms with van der Waals surface area (Å²) in [5.41, 5.74) is 5.45. The Morgan fingerprint density at radius 3 is 2.92 bits per heavy atom. The second-order valence-electron chi connectivity index (χ2n) is 3.84. The minimum Gasteiger partial charge on any atom is -0.409 e. The van der Waals surface area contributed by atoms with Gasteiger partial charge in [-0.1, -0.05) is 25.4 Å². The molecule has 0 saturated heterocycles. The summed E-state index contributed by atoms with van der Waals surface area (Å²) >= 11 is 0. The minimum absolute atomic E-state index is 0.114. The van der Waals surface area contributed by atoms with Gasteiger partial charge in [-0.05, 0) is 12.3 Å². The van der Waals surface area contributed by atoms with Gasteiger partial charge in [0.15, 0.2) is 0 Å². The molecule has 0 heterocycles. The topological polar surface area (TPSA) is 70.6 Å². The van der Waals surface area contributed by atoms with E-state index in [0.29, 0.717) is 11.9 Å². The fourth-order valence-corrected chi connectivity index (χ4v) is 1.48. The molecule has 0 aromatic carbocycles. The summed E-state index contributed by atoms with van der Waals surface area (Å²) in [4.78, 5) is 0. The standard InChI is InChI=1S/C9H19N3O/c1-3-7-4-8(7)11-5-6(2)9(10)12-13/h6-8,11,13H,3-5H2,1-2H3,(H2,10,12). The highest BCUT2D eigenvalue weighted by molar-refractivity contribution is 5.82. The van der Waals surface area contributed by atoms with Crippen molar-refractivity contribution in [1.29, 1.82) is 0 Å². The average molecular weight is 185 g/mol. The molecule has 4 heteroatoms. The van der Waals surface area contributed by atoms with Gasteiger partial charge in [-0.15, -0.1) is 0 Å². The SMILES string of the molecule is CCC1CC1NCC(C)C(N)=NO. The molecule has 0 aromatic rings. The maximum atomic E-state index is 8.42.